The van der Waals surface area contributed by atoms with Crippen molar-refractivity contribution in [2.45, 2.75) is 12.3 Å². The number of carbonyl (C=O) groups excluding carboxylic acids is 1. The summed E-state index contributed by atoms with van der Waals surface area (Å²) in [5, 5.41) is 3.32. The molecule has 0 saturated carbocycles. The van der Waals surface area contributed by atoms with Gasteiger partial charge in [-0.2, -0.15) is 0 Å². The lowest BCUT2D eigenvalue weighted by Crippen LogP contribution is -2.23. The first-order valence-corrected chi connectivity index (χ1v) is 5.98. The molecule has 1 aliphatic rings. The van der Waals surface area contributed by atoms with E-state index in [1.165, 1.54) is 6.33 Å². The molecule has 0 fully saturated rings. The van der Waals surface area contributed by atoms with E-state index in [1.54, 1.807) is 12.4 Å². The monoisotopic (exact) mass is 239 g/mol. The van der Waals surface area contributed by atoms with E-state index in [-0.39, 0.29) is 11.7 Å². The SMILES string of the molecule is O=C(c1cncnc1)C1CCNc2ccccc21. The van der Waals surface area contributed by atoms with Gasteiger partial charge < -0.3 is 5.32 Å². The van der Waals surface area contributed by atoms with Gasteiger partial charge in [-0.05, 0) is 18.1 Å². The summed E-state index contributed by atoms with van der Waals surface area (Å²) in [5.74, 6) is 0.0120. The fraction of sp³-hybridized carbons (Fsp3) is 0.214. The Kier molecular flexibility index (Phi) is 2.76. The molecule has 0 bridgehead atoms. The van der Waals surface area contributed by atoms with Crippen molar-refractivity contribution in [1.82, 2.24) is 9.97 Å². The van der Waals surface area contributed by atoms with Crippen LogP contribution in [0.25, 0.3) is 0 Å². The zero-order chi connectivity index (χ0) is 12.4. The largest absolute Gasteiger partial charge is 0.385 e. The second-order valence-electron chi connectivity index (χ2n) is 4.35. The van der Waals surface area contributed by atoms with Crippen molar-refractivity contribution in [1.29, 1.82) is 0 Å². The first-order valence-electron chi connectivity index (χ1n) is 5.98. The summed E-state index contributed by atoms with van der Waals surface area (Å²) in [6, 6.07) is 7.96. The molecule has 1 aliphatic heterocycles. The van der Waals surface area contributed by atoms with Crippen LogP contribution in [0.1, 0.15) is 28.3 Å². The second-order valence-corrected chi connectivity index (χ2v) is 4.35. The molecule has 0 saturated heterocycles. The van der Waals surface area contributed by atoms with Crippen molar-refractivity contribution in [3.05, 3.63) is 54.1 Å². The normalized spacial score (nSPS) is 17.7. The van der Waals surface area contributed by atoms with Crippen molar-refractivity contribution in [2.75, 3.05) is 11.9 Å². The van der Waals surface area contributed by atoms with Crippen molar-refractivity contribution in [2.24, 2.45) is 0 Å². The Labute approximate surface area is 105 Å². The number of hydrogen-bond donors (Lipinski definition) is 1. The Hall–Kier alpha value is -2.23. The molecule has 1 N–H and O–H groups in total. The molecule has 2 aromatic rings. The van der Waals surface area contributed by atoms with Gasteiger partial charge in [-0.3, -0.25) is 4.79 Å². The van der Waals surface area contributed by atoms with E-state index >= 15 is 0 Å². The highest BCUT2D eigenvalue weighted by atomic mass is 16.1. The van der Waals surface area contributed by atoms with Crippen molar-refractivity contribution in [3.8, 4) is 0 Å². The molecular formula is C14H13N3O. The third kappa shape index (κ3) is 1.86. The van der Waals surface area contributed by atoms with Gasteiger partial charge in [-0.25, -0.2) is 9.97 Å². The minimum absolute atomic E-state index is 0.0894. The van der Waals surface area contributed by atoms with Crippen LogP contribution < -0.4 is 5.32 Å². The average molecular weight is 239 g/mol. The highest BCUT2D eigenvalue weighted by Gasteiger charge is 2.27. The van der Waals surface area contributed by atoms with E-state index in [0.717, 1.165) is 24.2 Å². The molecule has 1 unspecified atom stereocenters. The molecule has 0 amide bonds. The number of aromatic nitrogens is 2. The number of carbonyl (C=O) groups is 1. The smallest absolute Gasteiger partial charge is 0.173 e. The summed E-state index contributed by atoms with van der Waals surface area (Å²) in [6.45, 7) is 0.821. The Morgan fingerprint density at radius 3 is 2.83 bits per heavy atom. The van der Waals surface area contributed by atoms with Crippen LogP contribution in [-0.2, 0) is 0 Å². The van der Waals surface area contributed by atoms with Gasteiger partial charge in [0.05, 0.1) is 11.5 Å². The lowest BCUT2D eigenvalue weighted by Gasteiger charge is -2.25. The summed E-state index contributed by atoms with van der Waals surface area (Å²) >= 11 is 0. The number of benzene rings is 1. The molecule has 0 spiro atoms. The van der Waals surface area contributed by atoms with E-state index in [1.807, 2.05) is 24.3 Å². The number of ketones is 1. The quantitative estimate of drug-likeness (QED) is 0.817. The van der Waals surface area contributed by atoms with Crippen molar-refractivity contribution >= 4 is 11.5 Å². The number of nitrogens with one attached hydrogen (secondary N) is 1. The number of nitrogens with zero attached hydrogens (tertiary/aromatic N) is 2. The zero-order valence-corrected chi connectivity index (χ0v) is 9.84. The third-order valence-electron chi connectivity index (χ3n) is 3.25. The van der Waals surface area contributed by atoms with Crippen molar-refractivity contribution < 1.29 is 4.79 Å². The Bertz CT molecular complexity index is 568. The Morgan fingerprint density at radius 1 is 1.22 bits per heavy atom. The fourth-order valence-corrected chi connectivity index (χ4v) is 2.37. The van der Waals surface area contributed by atoms with Gasteiger partial charge >= 0.3 is 0 Å². The molecule has 0 aliphatic carbocycles. The molecule has 2 heterocycles. The number of Topliss-reactive ketones (excluding diaryl/α,β-unsaturated/α-hetero) is 1. The molecule has 18 heavy (non-hydrogen) atoms. The van der Waals surface area contributed by atoms with Gasteiger partial charge in [0, 0.05) is 24.6 Å². The topological polar surface area (TPSA) is 54.9 Å². The highest BCUT2D eigenvalue weighted by Crippen LogP contribution is 2.33. The third-order valence-corrected chi connectivity index (χ3v) is 3.25. The lowest BCUT2D eigenvalue weighted by atomic mass is 9.85. The van der Waals surface area contributed by atoms with E-state index in [4.69, 9.17) is 0 Å². The predicted octanol–water partition coefficient (Wildman–Crippen LogP) is 2.26. The Balaban J connectivity index is 1.97. The first kappa shape index (κ1) is 10.9. The van der Waals surface area contributed by atoms with Crippen LogP contribution in [0, 0.1) is 0 Å². The summed E-state index contributed by atoms with van der Waals surface area (Å²) in [5.41, 5.74) is 2.70. The van der Waals surface area contributed by atoms with Gasteiger partial charge in [0.1, 0.15) is 6.33 Å². The van der Waals surface area contributed by atoms with Crippen LogP contribution in [0.3, 0.4) is 0 Å². The van der Waals surface area contributed by atoms with Gasteiger partial charge in [0.2, 0.25) is 0 Å². The first-order chi connectivity index (χ1) is 8.86. The van der Waals surface area contributed by atoms with Crippen LogP contribution in [0.4, 0.5) is 5.69 Å². The number of hydrogen-bond acceptors (Lipinski definition) is 4. The van der Waals surface area contributed by atoms with Crippen LogP contribution in [0.2, 0.25) is 0 Å². The minimum Gasteiger partial charge on any atom is -0.385 e. The minimum atomic E-state index is -0.0894. The van der Waals surface area contributed by atoms with Gasteiger partial charge in [0.25, 0.3) is 0 Å². The highest BCUT2D eigenvalue weighted by molar-refractivity contribution is 6.01. The molecular weight excluding hydrogens is 226 g/mol. The molecule has 3 rings (SSSR count). The number of fused-ring (bicyclic) bond motifs is 1. The summed E-state index contributed by atoms with van der Waals surface area (Å²) in [7, 11) is 0. The van der Waals surface area contributed by atoms with Crippen LogP contribution in [-0.4, -0.2) is 22.3 Å². The van der Waals surface area contributed by atoms with Crippen LogP contribution >= 0.6 is 0 Å². The molecule has 4 nitrogen and oxygen atoms in total. The maximum atomic E-state index is 12.5. The standard InChI is InChI=1S/C14H13N3O/c18-14(10-7-15-9-16-8-10)12-5-6-17-13-4-2-1-3-11(12)13/h1-4,7-9,12,17H,5-6H2. The van der Waals surface area contributed by atoms with Crippen LogP contribution in [0.15, 0.2) is 43.0 Å². The van der Waals surface area contributed by atoms with E-state index in [0.29, 0.717) is 5.56 Å². The number of rotatable bonds is 2. The molecule has 1 aromatic heterocycles. The number of para-hydroxylation sites is 1. The Morgan fingerprint density at radius 2 is 2.00 bits per heavy atom. The zero-order valence-electron chi connectivity index (χ0n) is 9.84. The van der Waals surface area contributed by atoms with E-state index < -0.39 is 0 Å². The van der Waals surface area contributed by atoms with Gasteiger partial charge in [0.15, 0.2) is 5.78 Å². The van der Waals surface area contributed by atoms with Crippen LogP contribution in [0.5, 0.6) is 0 Å². The number of anilines is 1. The molecule has 4 heteroatoms. The second kappa shape index (κ2) is 4.56. The summed E-state index contributed by atoms with van der Waals surface area (Å²) in [6.07, 6.45) is 5.41. The summed E-state index contributed by atoms with van der Waals surface area (Å²) in [4.78, 5) is 20.3. The lowest BCUT2D eigenvalue weighted by molar-refractivity contribution is 0.0954. The van der Waals surface area contributed by atoms with Gasteiger partial charge in [-0.15, -0.1) is 0 Å². The molecule has 1 aromatic carbocycles. The maximum Gasteiger partial charge on any atom is 0.173 e. The molecule has 0 radical (unpaired) electrons. The fourth-order valence-electron chi connectivity index (χ4n) is 2.37. The maximum absolute atomic E-state index is 12.5. The van der Waals surface area contributed by atoms with E-state index in [2.05, 4.69) is 15.3 Å². The average Bonchev–Trinajstić information content (AvgIpc) is 2.47. The van der Waals surface area contributed by atoms with Crippen molar-refractivity contribution in [3.63, 3.8) is 0 Å². The molecule has 90 valence electrons. The predicted molar refractivity (Wildman–Crippen MR) is 68.7 cm³/mol. The molecule has 1 atom stereocenters. The summed E-state index contributed by atoms with van der Waals surface area (Å²) < 4.78 is 0. The van der Waals surface area contributed by atoms with Gasteiger partial charge in [-0.1, -0.05) is 18.2 Å². The van der Waals surface area contributed by atoms with E-state index in [9.17, 15) is 4.79 Å².